The average Bonchev–Trinajstić information content (AvgIpc) is 2.54. The summed E-state index contributed by atoms with van der Waals surface area (Å²) in [5.74, 6) is -0.440. The van der Waals surface area contributed by atoms with E-state index in [0.717, 1.165) is 9.15 Å². The summed E-state index contributed by atoms with van der Waals surface area (Å²) in [5.41, 5.74) is -0.426. The summed E-state index contributed by atoms with van der Waals surface area (Å²) in [4.78, 5) is 35.4. The topological polar surface area (TPSA) is 87.5 Å². The van der Waals surface area contributed by atoms with Crippen LogP contribution in [0.3, 0.4) is 0 Å². The highest BCUT2D eigenvalue weighted by Gasteiger charge is 2.31. The van der Waals surface area contributed by atoms with E-state index >= 15 is 0 Å². The monoisotopic (exact) mass is 380 g/mol. The first kappa shape index (κ1) is 15.7. The molecule has 0 radical (unpaired) electrons. The van der Waals surface area contributed by atoms with Gasteiger partial charge in [0.2, 0.25) is 5.88 Å². The summed E-state index contributed by atoms with van der Waals surface area (Å²) in [6.45, 7) is -0.323. The lowest BCUT2D eigenvalue weighted by atomic mass is 9.94. The summed E-state index contributed by atoms with van der Waals surface area (Å²) in [6, 6.07) is 5.03. The van der Waals surface area contributed by atoms with Gasteiger partial charge in [-0.15, -0.1) is 5.10 Å². The summed E-state index contributed by atoms with van der Waals surface area (Å²) in [6.07, 6.45) is 0.550. The zero-order valence-electron chi connectivity index (χ0n) is 12.2. The van der Waals surface area contributed by atoms with Gasteiger partial charge in [0.25, 0.3) is 5.56 Å². The molecule has 23 heavy (non-hydrogen) atoms. The number of ketones is 1. The van der Waals surface area contributed by atoms with Gasteiger partial charge in [-0.05, 0) is 24.6 Å². The van der Waals surface area contributed by atoms with Crippen molar-refractivity contribution in [1.29, 1.82) is 0 Å². The normalized spacial score (nSPS) is 17.0. The highest BCUT2D eigenvalue weighted by molar-refractivity contribution is 9.10. The molecule has 0 spiro atoms. The largest absolute Gasteiger partial charge is 0.468 e. The van der Waals surface area contributed by atoms with Crippen molar-refractivity contribution >= 4 is 38.5 Å². The van der Waals surface area contributed by atoms with Crippen LogP contribution in [0.5, 0.6) is 5.88 Å². The van der Waals surface area contributed by atoms with Gasteiger partial charge in [0, 0.05) is 10.9 Å². The number of rotatable bonds is 4. The molecular weight excluding hydrogens is 368 g/mol. The molecule has 2 aromatic rings. The SMILES string of the molecule is COC(=O)Cn1nc(OC2CCC2=O)c2cc(Br)ccc2c1=O. The molecule has 3 rings (SSSR count). The number of aromatic nitrogens is 2. The van der Waals surface area contributed by atoms with Crippen molar-refractivity contribution in [1.82, 2.24) is 9.78 Å². The minimum absolute atomic E-state index is 0.000615. The van der Waals surface area contributed by atoms with Crippen molar-refractivity contribution < 1.29 is 19.1 Å². The summed E-state index contributed by atoms with van der Waals surface area (Å²) >= 11 is 3.34. The van der Waals surface area contributed by atoms with Crippen molar-refractivity contribution in [2.45, 2.75) is 25.5 Å². The van der Waals surface area contributed by atoms with E-state index in [2.05, 4.69) is 25.8 Å². The van der Waals surface area contributed by atoms with Crippen molar-refractivity contribution in [3.05, 3.63) is 33.0 Å². The summed E-state index contributed by atoms with van der Waals surface area (Å²) in [7, 11) is 1.23. The first-order valence-corrected chi connectivity index (χ1v) is 7.75. The second-order valence-corrected chi connectivity index (χ2v) is 6.06. The molecule has 0 bridgehead atoms. The van der Waals surface area contributed by atoms with Crippen LogP contribution >= 0.6 is 15.9 Å². The van der Waals surface area contributed by atoms with Gasteiger partial charge in [-0.2, -0.15) is 0 Å². The average molecular weight is 381 g/mol. The van der Waals surface area contributed by atoms with Gasteiger partial charge in [-0.25, -0.2) is 4.68 Å². The van der Waals surface area contributed by atoms with E-state index in [1.54, 1.807) is 18.2 Å². The summed E-state index contributed by atoms with van der Waals surface area (Å²) in [5, 5.41) is 4.94. The van der Waals surface area contributed by atoms with Crippen LogP contribution in [0.2, 0.25) is 0 Å². The van der Waals surface area contributed by atoms with Crippen LogP contribution in [0.4, 0.5) is 0 Å². The number of Topliss-reactive ketones (excluding diaryl/α,β-unsaturated/α-hetero) is 1. The Labute approximate surface area is 139 Å². The van der Waals surface area contributed by atoms with Crippen LogP contribution in [0.25, 0.3) is 10.8 Å². The molecule has 0 saturated heterocycles. The molecule has 1 heterocycles. The number of esters is 1. The quantitative estimate of drug-likeness (QED) is 0.745. The molecule has 1 aromatic heterocycles. The smallest absolute Gasteiger partial charge is 0.327 e. The zero-order valence-corrected chi connectivity index (χ0v) is 13.8. The molecule has 1 aliphatic rings. The van der Waals surface area contributed by atoms with Crippen LogP contribution in [-0.4, -0.2) is 34.7 Å². The Balaban J connectivity index is 2.12. The Bertz CT molecular complexity index is 861. The number of carbonyl (C=O) groups is 2. The van der Waals surface area contributed by atoms with Gasteiger partial charge in [-0.3, -0.25) is 14.4 Å². The minimum atomic E-state index is -0.596. The molecule has 1 fully saturated rings. The molecule has 0 N–H and O–H groups in total. The fourth-order valence-corrected chi connectivity index (χ4v) is 2.61. The number of carbonyl (C=O) groups excluding carboxylic acids is 2. The van der Waals surface area contributed by atoms with Crippen molar-refractivity contribution in [3.63, 3.8) is 0 Å². The maximum absolute atomic E-state index is 12.4. The highest BCUT2D eigenvalue weighted by atomic mass is 79.9. The second-order valence-electron chi connectivity index (χ2n) is 5.15. The van der Waals surface area contributed by atoms with Crippen LogP contribution in [-0.2, 0) is 20.9 Å². The standard InChI is InChI=1S/C15H13BrN2O5/c1-22-13(20)7-18-15(21)9-3-2-8(16)6-10(9)14(17-18)23-12-5-4-11(12)19/h2-3,6,12H,4-5,7H2,1H3. The lowest BCUT2D eigenvalue weighted by molar-refractivity contribution is -0.141. The van der Waals surface area contributed by atoms with Crippen LogP contribution in [0, 0.1) is 0 Å². The lowest BCUT2D eigenvalue weighted by Crippen LogP contribution is -2.38. The molecule has 1 aliphatic carbocycles. The van der Waals surface area contributed by atoms with Gasteiger partial charge < -0.3 is 9.47 Å². The molecule has 7 nitrogen and oxygen atoms in total. The number of hydrogen-bond acceptors (Lipinski definition) is 6. The number of methoxy groups -OCH3 is 1. The van der Waals surface area contributed by atoms with E-state index in [4.69, 9.17) is 4.74 Å². The number of fused-ring (bicyclic) bond motifs is 1. The first-order chi connectivity index (χ1) is 11.0. The molecule has 1 unspecified atom stereocenters. The third kappa shape index (κ3) is 2.98. The number of halogens is 1. The number of benzene rings is 1. The molecule has 0 aliphatic heterocycles. The molecule has 120 valence electrons. The van der Waals surface area contributed by atoms with Crippen LogP contribution in [0.1, 0.15) is 12.8 Å². The summed E-state index contributed by atoms with van der Waals surface area (Å²) < 4.78 is 12.0. The Morgan fingerprint density at radius 1 is 1.39 bits per heavy atom. The molecule has 0 amide bonds. The fraction of sp³-hybridized carbons (Fsp3) is 0.333. The van der Waals surface area contributed by atoms with Gasteiger partial charge in [-0.1, -0.05) is 15.9 Å². The van der Waals surface area contributed by atoms with Crippen LogP contribution in [0.15, 0.2) is 27.5 Å². The fourth-order valence-electron chi connectivity index (χ4n) is 2.25. The van der Waals surface area contributed by atoms with E-state index < -0.39 is 17.6 Å². The molecule has 1 aromatic carbocycles. The van der Waals surface area contributed by atoms with Gasteiger partial charge in [0.15, 0.2) is 11.9 Å². The second kappa shape index (κ2) is 6.11. The van der Waals surface area contributed by atoms with Gasteiger partial charge >= 0.3 is 5.97 Å². The van der Waals surface area contributed by atoms with E-state index in [1.807, 2.05) is 0 Å². The molecule has 1 atom stereocenters. The third-order valence-electron chi connectivity index (χ3n) is 3.66. The zero-order chi connectivity index (χ0) is 16.6. The maximum Gasteiger partial charge on any atom is 0.327 e. The third-order valence-corrected chi connectivity index (χ3v) is 4.15. The van der Waals surface area contributed by atoms with E-state index in [9.17, 15) is 14.4 Å². The van der Waals surface area contributed by atoms with Crippen molar-refractivity contribution in [2.24, 2.45) is 0 Å². The Morgan fingerprint density at radius 3 is 2.78 bits per heavy atom. The molecule has 8 heteroatoms. The predicted octanol–water partition coefficient (Wildman–Crippen LogP) is 1.44. The first-order valence-electron chi connectivity index (χ1n) is 6.96. The molecule has 1 saturated carbocycles. The Hall–Kier alpha value is -2.22. The van der Waals surface area contributed by atoms with Crippen LogP contribution < -0.4 is 10.3 Å². The Kier molecular flexibility index (Phi) is 4.16. The number of nitrogens with zero attached hydrogens (tertiary/aromatic N) is 2. The Morgan fingerprint density at radius 2 is 2.17 bits per heavy atom. The van der Waals surface area contributed by atoms with E-state index in [0.29, 0.717) is 23.6 Å². The van der Waals surface area contributed by atoms with Crippen molar-refractivity contribution in [2.75, 3.05) is 7.11 Å². The van der Waals surface area contributed by atoms with Crippen molar-refractivity contribution in [3.8, 4) is 5.88 Å². The van der Waals surface area contributed by atoms with E-state index in [-0.39, 0.29) is 18.2 Å². The minimum Gasteiger partial charge on any atom is -0.468 e. The highest BCUT2D eigenvalue weighted by Crippen LogP contribution is 2.28. The number of hydrogen-bond donors (Lipinski definition) is 0. The lowest BCUT2D eigenvalue weighted by Gasteiger charge is -2.25. The number of ether oxygens (including phenoxy) is 2. The van der Waals surface area contributed by atoms with Gasteiger partial charge in [0.05, 0.1) is 17.9 Å². The van der Waals surface area contributed by atoms with E-state index in [1.165, 1.54) is 7.11 Å². The predicted molar refractivity (Wildman–Crippen MR) is 84.4 cm³/mol. The van der Waals surface area contributed by atoms with Gasteiger partial charge in [0.1, 0.15) is 6.54 Å². The maximum atomic E-state index is 12.4. The molecular formula is C15H13BrN2O5.